The minimum absolute atomic E-state index is 0.133. The summed E-state index contributed by atoms with van der Waals surface area (Å²) in [6, 6.07) is 23.1. The summed E-state index contributed by atoms with van der Waals surface area (Å²) >= 11 is 0. The molecule has 1 N–H and O–H groups in total. The van der Waals surface area contributed by atoms with Crippen LogP contribution in [-0.2, 0) is 9.53 Å². The highest BCUT2D eigenvalue weighted by Gasteiger charge is 2.33. The van der Waals surface area contributed by atoms with Crippen LogP contribution in [0.1, 0.15) is 27.4 Å². The van der Waals surface area contributed by atoms with Gasteiger partial charge in [-0.3, -0.25) is 4.79 Å². The number of rotatable bonds is 6. The number of methoxy groups -OCH3 is 1. The number of hydrogen-bond donors (Lipinski definition) is 1. The van der Waals surface area contributed by atoms with Gasteiger partial charge in [0.15, 0.2) is 0 Å². The van der Waals surface area contributed by atoms with Crippen molar-refractivity contribution in [1.82, 2.24) is 5.32 Å². The molecule has 5 heteroatoms. The van der Waals surface area contributed by atoms with Crippen LogP contribution in [0.3, 0.4) is 0 Å². The molecule has 0 saturated carbocycles. The fraction of sp³-hybridized carbons (Fsp3) is 0.130. The minimum Gasteiger partial charge on any atom is -0.467 e. The Bertz CT molecular complexity index is 905. The van der Waals surface area contributed by atoms with Crippen LogP contribution in [0.25, 0.3) is 0 Å². The third kappa shape index (κ3) is 4.43. The molecular weight excluding hydrogens is 357 g/mol. The predicted molar refractivity (Wildman–Crippen MR) is 104 cm³/mol. The van der Waals surface area contributed by atoms with E-state index in [1.54, 1.807) is 0 Å². The van der Waals surface area contributed by atoms with Crippen molar-refractivity contribution in [2.24, 2.45) is 0 Å². The number of benzene rings is 3. The number of esters is 1. The van der Waals surface area contributed by atoms with Crippen LogP contribution in [-0.4, -0.2) is 25.0 Å². The summed E-state index contributed by atoms with van der Waals surface area (Å²) in [6.07, 6.45) is 0. The van der Waals surface area contributed by atoms with Crippen molar-refractivity contribution in [2.45, 2.75) is 12.0 Å². The number of nitrogens with one attached hydrogen (secondary N) is 1. The van der Waals surface area contributed by atoms with Crippen molar-refractivity contribution in [3.8, 4) is 0 Å². The van der Waals surface area contributed by atoms with Crippen molar-refractivity contribution in [3.63, 3.8) is 0 Å². The van der Waals surface area contributed by atoms with Gasteiger partial charge in [0, 0.05) is 11.5 Å². The summed E-state index contributed by atoms with van der Waals surface area (Å²) in [4.78, 5) is 25.3. The number of amides is 1. The second-order valence-corrected chi connectivity index (χ2v) is 6.28. The second-order valence-electron chi connectivity index (χ2n) is 6.28. The Morgan fingerprint density at radius 3 is 1.93 bits per heavy atom. The van der Waals surface area contributed by atoms with Gasteiger partial charge < -0.3 is 10.1 Å². The van der Waals surface area contributed by atoms with Gasteiger partial charge in [-0.25, -0.2) is 9.18 Å². The van der Waals surface area contributed by atoms with Crippen LogP contribution in [0.15, 0.2) is 84.9 Å². The molecule has 0 spiro atoms. The molecule has 0 heterocycles. The summed E-state index contributed by atoms with van der Waals surface area (Å²) in [6.45, 7) is 0. The molecule has 3 aromatic rings. The maximum absolute atomic E-state index is 13.5. The van der Waals surface area contributed by atoms with Crippen LogP contribution in [0.2, 0.25) is 0 Å². The molecule has 0 aliphatic rings. The first kappa shape index (κ1) is 19.3. The van der Waals surface area contributed by atoms with E-state index < -0.39 is 29.7 Å². The Labute approximate surface area is 163 Å². The molecule has 0 radical (unpaired) electrons. The van der Waals surface area contributed by atoms with E-state index >= 15 is 0 Å². The first-order valence-corrected chi connectivity index (χ1v) is 8.84. The zero-order chi connectivity index (χ0) is 19.9. The van der Waals surface area contributed by atoms with Gasteiger partial charge in [0.25, 0.3) is 5.91 Å². The van der Waals surface area contributed by atoms with Crippen molar-refractivity contribution >= 4 is 11.9 Å². The van der Waals surface area contributed by atoms with Gasteiger partial charge in [0.05, 0.1) is 7.11 Å². The molecule has 1 atom stereocenters. The number of hydrogen-bond acceptors (Lipinski definition) is 3. The predicted octanol–water partition coefficient (Wildman–Crippen LogP) is 3.93. The summed E-state index contributed by atoms with van der Waals surface area (Å²) in [5.74, 6) is -2.12. The smallest absolute Gasteiger partial charge is 0.329 e. The lowest BCUT2D eigenvalue weighted by Crippen LogP contribution is -2.46. The molecule has 0 aromatic heterocycles. The molecule has 0 bridgehead atoms. The van der Waals surface area contributed by atoms with Gasteiger partial charge in [-0.15, -0.1) is 0 Å². The van der Waals surface area contributed by atoms with Crippen molar-refractivity contribution in [1.29, 1.82) is 0 Å². The van der Waals surface area contributed by atoms with Gasteiger partial charge in [0.1, 0.15) is 11.9 Å². The highest BCUT2D eigenvalue weighted by Crippen LogP contribution is 2.29. The maximum Gasteiger partial charge on any atom is 0.329 e. The van der Waals surface area contributed by atoms with E-state index in [0.29, 0.717) is 0 Å². The molecule has 3 aromatic carbocycles. The van der Waals surface area contributed by atoms with Crippen LogP contribution in [0.4, 0.5) is 4.39 Å². The van der Waals surface area contributed by atoms with E-state index in [0.717, 1.165) is 17.2 Å². The normalized spacial score (nSPS) is 11.7. The van der Waals surface area contributed by atoms with Crippen molar-refractivity contribution in [3.05, 3.63) is 107 Å². The Hall–Kier alpha value is -3.47. The Morgan fingerprint density at radius 1 is 0.857 bits per heavy atom. The molecule has 0 aliphatic carbocycles. The van der Waals surface area contributed by atoms with E-state index in [1.165, 1.54) is 25.3 Å². The van der Waals surface area contributed by atoms with E-state index in [4.69, 9.17) is 4.74 Å². The standard InChI is InChI=1S/C23H20FNO3/c1-28-23(27)21(25-22(26)18-13-8-14-19(24)15-18)20(16-9-4-2-5-10-16)17-11-6-3-7-12-17/h2-15,20-21H,1H3,(H,25,26)/t21-/m0/s1. The summed E-state index contributed by atoms with van der Waals surface area (Å²) < 4.78 is 18.5. The van der Waals surface area contributed by atoms with Crippen LogP contribution < -0.4 is 5.32 Å². The molecule has 3 rings (SSSR count). The summed E-state index contributed by atoms with van der Waals surface area (Å²) in [7, 11) is 1.27. The highest BCUT2D eigenvalue weighted by molar-refractivity contribution is 5.97. The SMILES string of the molecule is COC(=O)[C@@H](NC(=O)c1cccc(F)c1)C(c1ccccc1)c1ccccc1. The fourth-order valence-electron chi connectivity index (χ4n) is 3.16. The quantitative estimate of drug-likeness (QED) is 0.662. The highest BCUT2D eigenvalue weighted by atomic mass is 19.1. The number of carbonyl (C=O) groups excluding carboxylic acids is 2. The van der Waals surface area contributed by atoms with Crippen LogP contribution >= 0.6 is 0 Å². The number of carbonyl (C=O) groups is 2. The summed E-state index contributed by atoms with van der Waals surface area (Å²) in [5, 5.41) is 2.73. The molecule has 1 amide bonds. The lowest BCUT2D eigenvalue weighted by atomic mass is 9.84. The van der Waals surface area contributed by atoms with E-state index in [1.807, 2.05) is 60.7 Å². The average molecular weight is 377 g/mol. The van der Waals surface area contributed by atoms with Gasteiger partial charge in [-0.1, -0.05) is 66.7 Å². The van der Waals surface area contributed by atoms with Gasteiger partial charge in [0.2, 0.25) is 0 Å². The van der Waals surface area contributed by atoms with Gasteiger partial charge in [-0.2, -0.15) is 0 Å². The molecule has 4 nitrogen and oxygen atoms in total. The Morgan fingerprint density at radius 2 is 1.43 bits per heavy atom. The average Bonchev–Trinajstić information content (AvgIpc) is 2.74. The molecular formula is C23H20FNO3. The largest absolute Gasteiger partial charge is 0.467 e. The zero-order valence-electron chi connectivity index (χ0n) is 15.3. The Kier molecular flexibility index (Phi) is 6.17. The molecule has 142 valence electrons. The van der Waals surface area contributed by atoms with E-state index in [-0.39, 0.29) is 5.56 Å². The van der Waals surface area contributed by atoms with E-state index in [2.05, 4.69) is 5.32 Å². The van der Waals surface area contributed by atoms with E-state index in [9.17, 15) is 14.0 Å². The maximum atomic E-state index is 13.5. The van der Waals surface area contributed by atoms with Gasteiger partial charge in [-0.05, 0) is 29.3 Å². The molecule has 0 aliphatic heterocycles. The molecule has 0 fully saturated rings. The van der Waals surface area contributed by atoms with Crippen LogP contribution in [0.5, 0.6) is 0 Å². The first-order valence-electron chi connectivity index (χ1n) is 8.84. The van der Waals surface area contributed by atoms with Crippen LogP contribution in [0, 0.1) is 5.82 Å². The second kappa shape index (κ2) is 8.95. The molecule has 0 unspecified atom stereocenters. The monoisotopic (exact) mass is 377 g/mol. The fourth-order valence-corrected chi connectivity index (χ4v) is 3.16. The van der Waals surface area contributed by atoms with Crippen molar-refractivity contribution < 1.29 is 18.7 Å². The van der Waals surface area contributed by atoms with Crippen molar-refractivity contribution in [2.75, 3.05) is 7.11 Å². The third-order valence-corrected chi connectivity index (χ3v) is 4.48. The topological polar surface area (TPSA) is 55.4 Å². The lowest BCUT2D eigenvalue weighted by molar-refractivity contribution is -0.143. The Balaban J connectivity index is 2.01. The minimum atomic E-state index is -0.981. The zero-order valence-corrected chi connectivity index (χ0v) is 15.3. The molecule has 0 saturated heterocycles. The first-order chi connectivity index (χ1) is 13.6. The molecule has 28 heavy (non-hydrogen) atoms. The lowest BCUT2D eigenvalue weighted by Gasteiger charge is -2.27. The number of ether oxygens (including phenoxy) is 1. The number of halogens is 1. The third-order valence-electron chi connectivity index (χ3n) is 4.48. The summed E-state index contributed by atoms with van der Waals surface area (Å²) in [5.41, 5.74) is 1.83. The van der Waals surface area contributed by atoms with Gasteiger partial charge >= 0.3 is 5.97 Å².